The van der Waals surface area contributed by atoms with Crippen molar-refractivity contribution in [2.75, 3.05) is 19.6 Å². The molecule has 0 spiro atoms. The molecule has 1 aromatic rings. The van der Waals surface area contributed by atoms with Crippen LogP contribution in [0.1, 0.15) is 56.0 Å². The molecule has 6 heteroatoms. The smallest absolute Gasteiger partial charge is 0.257 e. The van der Waals surface area contributed by atoms with Crippen LogP contribution < -0.4 is 5.32 Å². The quantitative estimate of drug-likeness (QED) is 0.886. The summed E-state index contributed by atoms with van der Waals surface area (Å²) >= 11 is 0. The molecule has 0 unspecified atom stereocenters. The Bertz CT molecular complexity index is 659. The van der Waals surface area contributed by atoms with Crippen LogP contribution in [0, 0.1) is 28.9 Å². The SMILES string of the molecule is CC[C@@H]1CCCN(C(C)(C)CNC(=O)c2c(F)cc(C#N)cc2F)C1. The second-order valence-corrected chi connectivity index (χ2v) is 7.28. The summed E-state index contributed by atoms with van der Waals surface area (Å²) in [4.78, 5) is 14.6. The van der Waals surface area contributed by atoms with Gasteiger partial charge in [0.1, 0.15) is 17.2 Å². The van der Waals surface area contributed by atoms with Crippen LogP contribution in [0.15, 0.2) is 12.1 Å². The Labute approximate surface area is 147 Å². The fourth-order valence-electron chi connectivity index (χ4n) is 3.30. The lowest BCUT2D eigenvalue weighted by Gasteiger charge is -2.43. The second-order valence-electron chi connectivity index (χ2n) is 7.28. The maximum Gasteiger partial charge on any atom is 0.257 e. The van der Waals surface area contributed by atoms with E-state index in [9.17, 15) is 13.6 Å². The number of carbonyl (C=O) groups is 1. The zero-order chi connectivity index (χ0) is 18.6. The Kier molecular flexibility index (Phi) is 6.12. The lowest BCUT2D eigenvalue weighted by atomic mass is 9.91. The molecule has 136 valence electrons. The van der Waals surface area contributed by atoms with Crippen LogP contribution >= 0.6 is 0 Å². The maximum absolute atomic E-state index is 14.0. The number of benzene rings is 1. The zero-order valence-corrected chi connectivity index (χ0v) is 15.0. The van der Waals surface area contributed by atoms with Crippen LogP contribution in [-0.4, -0.2) is 36.0 Å². The standard InChI is InChI=1S/C19H25F2N3O/c1-4-13-6-5-7-24(11-13)19(2,3)12-23-18(25)17-15(20)8-14(10-22)9-16(17)21/h8-9,13H,4-7,11-12H2,1-3H3,(H,23,25)/t13-/m1/s1. The van der Waals surface area contributed by atoms with Crippen molar-refractivity contribution >= 4 is 5.91 Å². The largest absolute Gasteiger partial charge is 0.350 e. The lowest BCUT2D eigenvalue weighted by Crippen LogP contribution is -2.55. The first-order valence-corrected chi connectivity index (χ1v) is 8.71. The molecule has 4 nitrogen and oxygen atoms in total. The van der Waals surface area contributed by atoms with Gasteiger partial charge in [-0.3, -0.25) is 9.69 Å². The minimum atomic E-state index is -1.02. The normalized spacial score (nSPS) is 18.6. The van der Waals surface area contributed by atoms with Gasteiger partial charge in [0, 0.05) is 18.6 Å². The van der Waals surface area contributed by atoms with E-state index in [1.165, 1.54) is 6.42 Å². The van der Waals surface area contributed by atoms with Gasteiger partial charge in [-0.2, -0.15) is 5.26 Å². The van der Waals surface area contributed by atoms with Crippen molar-refractivity contribution in [3.63, 3.8) is 0 Å². The highest BCUT2D eigenvalue weighted by atomic mass is 19.1. The van der Waals surface area contributed by atoms with E-state index in [4.69, 9.17) is 5.26 Å². The summed E-state index contributed by atoms with van der Waals surface area (Å²) in [5.74, 6) is -2.18. The number of amides is 1. The minimum absolute atomic E-state index is 0.147. The third kappa shape index (κ3) is 4.55. The Balaban J connectivity index is 2.05. The van der Waals surface area contributed by atoms with E-state index >= 15 is 0 Å². The summed E-state index contributed by atoms with van der Waals surface area (Å²) in [6.45, 7) is 8.45. The van der Waals surface area contributed by atoms with E-state index in [1.807, 2.05) is 13.8 Å². The van der Waals surface area contributed by atoms with Crippen molar-refractivity contribution in [2.45, 2.75) is 45.6 Å². The van der Waals surface area contributed by atoms with E-state index in [-0.39, 0.29) is 11.1 Å². The van der Waals surface area contributed by atoms with E-state index in [0.717, 1.165) is 38.1 Å². The number of piperidine rings is 1. The van der Waals surface area contributed by atoms with Crippen LogP contribution in [-0.2, 0) is 0 Å². The number of halogens is 2. The summed E-state index contributed by atoms with van der Waals surface area (Å²) in [7, 11) is 0. The molecule has 1 aliphatic heterocycles. The number of carbonyl (C=O) groups excluding carboxylic acids is 1. The first kappa shape index (κ1) is 19.3. The molecule has 0 radical (unpaired) electrons. The molecule has 1 aliphatic rings. The fourth-order valence-corrected chi connectivity index (χ4v) is 3.30. The van der Waals surface area contributed by atoms with Gasteiger partial charge in [0.25, 0.3) is 5.91 Å². The predicted molar refractivity (Wildman–Crippen MR) is 92.1 cm³/mol. The van der Waals surface area contributed by atoms with Crippen molar-refractivity contribution in [1.29, 1.82) is 5.26 Å². The number of rotatable bonds is 5. The van der Waals surface area contributed by atoms with E-state index in [2.05, 4.69) is 17.1 Å². The number of nitrogens with one attached hydrogen (secondary N) is 1. The van der Waals surface area contributed by atoms with Crippen molar-refractivity contribution in [2.24, 2.45) is 5.92 Å². The lowest BCUT2D eigenvalue weighted by molar-refractivity contribution is 0.0610. The highest BCUT2D eigenvalue weighted by molar-refractivity contribution is 5.94. The second kappa shape index (κ2) is 7.92. The van der Waals surface area contributed by atoms with Crippen molar-refractivity contribution in [1.82, 2.24) is 10.2 Å². The molecule has 0 aliphatic carbocycles. The molecule has 1 saturated heterocycles. The number of likely N-dealkylation sites (tertiary alicyclic amines) is 1. The van der Waals surface area contributed by atoms with Crippen LogP contribution in [0.3, 0.4) is 0 Å². The number of hydrogen-bond donors (Lipinski definition) is 1. The van der Waals surface area contributed by atoms with Gasteiger partial charge in [-0.15, -0.1) is 0 Å². The average molecular weight is 349 g/mol. The molecule has 1 atom stereocenters. The summed E-state index contributed by atoms with van der Waals surface area (Å²) in [6.07, 6.45) is 3.46. The molecule has 1 heterocycles. The third-order valence-corrected chi connectivity index (χ3v) is 5.03. The number of hydrogen-bond acceptors (Lipinski definition) is 3. The molecular weight excluding hydrogens is 324 g/mol. The van der Waals surface area contributed by atoms with Crippen LogP contribution in [0.5, 0.6) is 0 Å². The molecule has 25 heavy (non-hydrogen) atoms. The van der Waals surface area contributed by atoms with E-state index in [1.54, 1.807) is 6.07 Å². The van der Waals surface area contributed by atoms with Gasteiger partial charge in [0.2, 0.25) is 0 Å². The highest BCUT2D eigenvalue weighted by Crippen LogP contribution is 2.25. The molecule has 0 saturated carbocycles. The van der Waals surface area contributed by atoms with Gasteiger partial charge < -0.3 is 5.32 Å². The Morgan fingerprint density at radius 1 is 1.40 bits per heavy atom. The molecule has 0 aromatic heterocycles. The topological polar surface area (TPSA) is 56.1 Å². The minimum Gasteiger partial charge on any atom is -0.350 e. The van der Waals surface area contributed by atoms with Crippen LogP contribution in [0.25, 0.3) is 0 Å². The van der Waals surface area contributed by atoms with Crippen molar-refractivity contribution in [3.8, 4) is 6.07 Å². The van der Waals surface area contributed by atoms with E-state index < -0.39 is 23.1 Å². The molecule has 1 aromatic carbocycles. The van der Waals surface area contributed by atoms with Crippen LogP contribution in [0.4, 0.5) is 8.78 Å². The highest BCUT2D eigenvalue weighted by Gasteiger charge is 2.31. The Morgan fingerprint density at radius 3 is 2.60 bits per heavy atom. The van der Waals surface area contributed by atoms with Gasteiger partial charge in [-0.25, -0.2) is 8.78 Å². The van der Waals surface area contributed by atoms with Gasteiger partial charge in [0.05, 0.1) is 11.6 Å². The first-order chi connectivity index (χ1) is 11.8. The Morgan fingerprint density at radius 2 is 2.04 bits per heavy atom. The molecule has 1 N–H and O–H groups in total. The fraction of sp³-hybridized carbons (Fsp3) is 0.579. The van der Waals surface area contributed by atoms with Crippen LogP contribution in [0.2, 0.25) is 0 Å². The summed E-state index contributed by atoms with van der Waals surface area (Å²) < 4.78 is 27.9. The predicted octanol–water partition coefficient (Wildman–Crippen LogP) is 3.47. The first-order valence-electron chi connectivity index (χ1n) is 8.71. The zero-order valence-electron chi connectivity index (χ0n) is 15.0. The molecule has 1 fully saturated rings. The summed E-state index contributed by atoms with van der Waals surface area (Å²) in [5.41, 5.74) is -1.09. The maximum atomic E-state index is 14.0. The van der Waals surface area contributed by atoms with Crippen molar-refractivity contribution < 1.29 is 13.6 Å². The molecule has 1 amide bonds. The van der Waals surface area contributed by atoms with E-state index in [0.29, 0.717) is 12.5 Å². The third-order valence-electron chi connectivity index (χ3n) is 5.03. The van der Waals surface area contributed by atoms with Gasteiger partial charge in [-0.1, -0.05) is 13.3 Å². The molecular formula is C19H25F2N3O. The monoisotopic (exact) mass is 349 g/mol. The van der Waals surface area contributed by atoms with Gasteiger partial charge in [-0.05, 0) is 51.3 Å². The molecule has 2 rings (SSSR count). The Hall–Kier alpha value is -2.00. The molecule has 0 bridgehead atoms. The average Bonchev–Trinajstić information content (AvgIpc) is 2.59. The van der Waals surface area contributed by atoms with Gasteiger partial charge >= 0.3 is 0 Å². The summed E-state index contributed by atoms with van der Waals surface area (Å²) in [5, 5.41) is 11.4. The number of nitriles is 1. The van der Waals surface area contributed by atoms with Gasteiger partial charge in [0.15, 0.2) is 0 Å². The summed E-state index contributed by atoms with van der Waals surface area (Å²) in [6, 6.07) is 3.41. The van der Waals surface area contributed by atoms with Crippen molar-refractivity contribution in [3.05, 3.63) is 34.9 Å². The number of nitrogens with zero attached hydrogens (tertiary/aromatic N) is 2.